The molecule has 0 spiro atoms. The molecule has 9 heteroatoms. The monoisotopic (exact) mass is 411 g/mol. The zero-order valence-corrected chi connectivity index (χ0v) is 17.7. The maximum absolute atomic E-state index is 6.31. The van der Waals surface area contributed by atoms with Gasteiger partial charge >= 0.3 is 0 Å². The second kappa shape index (κ2) is 5.96. The molecule has 0 bridgehead atoms. The first-order valence-electron chi connectivity index (χ1n) is 8.98. The molecule has 5 rings (SSSR count). The summed E-state index contributed by atoms with van der Waals surface area (Å²) in [6.45, 7) is 9.99. The lowest BCUT2D eigenvalue weighted by atomic mass is 10.1. The molecule has 0 amide bonds. The molecule has 5 aromatic rings. The van der Waals surface area contributed by atoms with Crippen LogP contribution >= 0.6 is 22.9 Å². The number of hydrogen-bond acceptors (Lipinski definition) is 6. The molecule has 0 aliphatic carbocycles. The van der Waals surface area contributed by atoms with Crippen molar-refractivity contribution in [1.29, 1.82) is 0 Å². The molecule has 0 saturated heterocycles. The molecule has 0 aliphatic rings. The molecule has 142 valence electrons. The van der Waals surface area contributed by atoms with Crippen molar-refractivity contribution < 1.29 is 0 Å². The number of pyridine rings is 1. The normalized spacial score (nSPS) is 13.2. The standard InChI is InChI=1S/C19H18ClN7S/c1-8-6-9(2)22-19-13(8)15-16(28-19)18-23-17(25-26(18)7-21-15)12(5)27-11(4)14(20)10(3)24-27/h6-7,12H,1-5H3. The Morgan fingerprint density at radius 1 is 1.11 bits per heavy atom. The first-order valence-corrected chi connectivity index (χ1v) is 10.2. The summed E-state index contributed by atoms with van der Waals surface area (Å²) in [5.41, 5.74) is 5.62. The Hall–Kier alpha value is -2.58. The van der Waals surface area contributed by atoms with Crippen molar-refractivity contribution in [2.75, 3.05) is 0 Å². The lowest BCUT2D eigenvalue weighted by Crippen LogP contribution is -2.12. The molecule has 28 heavy (non-hydrogen) atoms. The number of aromatic nitrogens is 7. The van der Waals surface area contributed by atoms with Gasteiger partial charge in [0.15, 0.2) is 11.5 Å². The molecule has 0 fully saturated rings. The van der Waals surface area contributed by atoms with Gasteiger partial charge in [-0.25, -0.2) is 19.5 Å². The molecule has 1 atom stereocenters. The summed E-state index contributed by atoms with van der Waals surface area (Å²) in [7, 11) is 0. The molecular formula is C19H18ClN7S. The van der Waals surface area contributed by atoms with Crippen LogP contribution in [-0.2, 0) is 0 Å². The molecule has 0 saturated carbocycles. The van der Waals surface area contributed by atoms with Crippen LogP contribution in [0.1, 0.15) is 41.4 Å². The molecule has 7 nitrogen and oxygen atoms in total. The number of fused-ring (bicyclic) bond motifs is 5. The van der Waals surface area contributed by atoms with Crippen LogP contribution in [0.25, 0.3) is 26.1 Å². The predicted molar refractivity (Wildman–Crippen MR) is 111 cm³/mol. The summed E-state index contributed by atoms with van der Waals surface area (Å²) < 4.78 is 4.60. The highest BCUT2D eigenvalue weighted by Gasteiger charge is 2.22. The summed E-state index contributed by atoms with van der Waals surface area (Å²) in [5, 5.41) is 11.0. The average molecular weight is 412 g/mol. The van der Waals surface area contributed by atoms with E-state index in [1.54, 1.807) is 22.2 Å². The van der Waals surface area contributed by atoms with Crippen molar-refractivity contribution in [1.82, 2.24) is 34.3 Å². The zero-order valence-electron chi connectivity index (χ0n) is 16.1. The second-order valence-electron chi connectivity index (χ2n) is 7.13. The number of halogens is 1. The summed E-state index contributed by atoms with van der Waals surface area (Å²) in [4.78, 5) is 15.2. The van der Waals surface area contributed by atoms with E-state index in [4.69, 9.17) is 16.6 Å². The number of rotatable bonds is 2. The molecule has 0 N–H and O–H groups in total. The Balaban J connectivity index is 1.73. The summed E-state index contributed by atoms with van der Waals surface area (Å²) >= 11 is 7.92. The van der Waals surface area contributed by atoms with Crippen molar-refractivity contribution in [3.63, 3.8) is 0 Å². The van der Waals surface area contributed by atoms with Crippen molar-refractivity contribution in [3.05, 3.63) is 45.9 Å². The van der Waals surface area contributed by atoms with Crippen LogP contribution in [0.2, 0.25) is 5.02 Å². The van der Waals surface area contributed by atoms with Gasteiger partial charge in [0.25, 0.3) is 0 Å². The van der Waals surface area contributed by atoms with E-state index in [0.717, 1.165) is 43.2 Å². The predicted octanol–water partition coefficient (Wildman–Crippen LogP) is 4.58. The Labute approximate surface area is 170 Å². The van der Waals surface area contributed by atoms with Gasteiger partial charge < -0.3 is 0 Å². The van der Waals surface area contributed by atoms with Crippen molar-refractivity contribution in [3.8, 4) is 0 Å². The maximum atomic E-state index is 6.31. The number of hydrogen-bond donors (Lipinski definition) is 0. The van der Waals surface area contributed by atoms with Crippen molar-refractivity contribution >= 4 is 49.0 Å². The largest absolute Gasteiger partial charge is 0.258 e. The highest BCUT2D eigenvalue weighted by Crippen LogP contribution is 2.36. The highest BCUT2D eigenvalue weighted by atomic mass is 35.5. The van der Waals surface area contributed by atoms with Crippen LogP contribution in [-0.4, -0.2) is 34.3 Å². The Bertz CT molecular complexity index is 1390. The minimum absolute atomic E-state index is 0.141. The van der Waals surface area contributed by atoms with Gasteiger partial charge in [0.05, 0.1) is 21.9 Å². The quantitative estimate of drug-likeness (QED) is 0.425. The van der Waals surface area contributed by atoms with Crippen LogP contribution in [0.5, 0.6) is 0 Å². The van der Waals surface area contributed by atoms with Crippen molar-refractivity contribution in [2.24, 2.45) is 0 Å². The fourth-order valence-corrected chi connectivity index (χ4v) is 5.04. The molecular weight excluding hydrogens is 394 g/mol. The van der Waals surface area contributed by atoms with E-state index in [0.29, 0.717) is 10.8 Å². The van der Waals surface area contributed by atoms with Gasteiger partial charge in [0, 0.05) is 11.1 Å². The Morgan fingerprint density at radius 2 is 1.89 bits per heavy atom. The molecule has 5 aromatic heterocycles. The average Bonchev–Trinajstić information content (AvgIpc) is 3.30. The van der Waals surface area contributed by atoms with E-state index in [1.165, 1.54) is 5.56 Å². The summed E-state index contributed by atoms with van der Waals surface area (Å²) in [6.07, 6.45) is 1.72. The molecule has 1 unspecified atom stereocenters. The van der Waals surface area contributed by atoms with Gasteiger partial charge in [0.2, 0.25) is 0 Å². The zero-order chi connectivity index (χ0) is 19.7. The molecule has 5 heterocycles. The number of aryl methyl sites for hydroxylation is 3. The maximum Gasteiger partial charge on any atom is 0.176 e. The molecule has 0 aromatic carbocycles. The SMILES string of the molecule is Cc1cc(C)c2c(n1)sc1c2ncn2nc(C(C)n3nc(C)c(Cl)c3C)nc12. The van der Waals surface area contributed by atoms with Gasteiger partial charge in [-0.1, -0.05) is 11.6 Å². The minimum Gasteiger partial charge on any atom is -0.258 e. The first kappa shape index (κ1) is 17.5. The molecule has 0 aliphatic heterocycles. The summed E-state index contributed by atoms with van der Waals surface area (Å²) in [5.74, 6) is 0.676. The minimum atomic E-state index is -0.141. The fourth-order valence-electron chi connectivity index (χ4n) is 3.69. The first-order chi connectivity index (χ1) is 13.3. The van der Waals surface area contributed by atoms with E-state index in [9.17, 15) is 0 Å². The topological polar surface area (TPSA) is 73.8 Å². The van der Waals surface area contributed by atoms with Crippen LogP contribution in [0.3, 0.4) is 0 Å². The Morgan fingerprint density at radius 3 is 2.61 bits per heavy atom. The third-order valence-corrected chi connectivity index (χ3v) is 6.70. The van der Waals surface area contributed by atoms with Gasteiger partial charge in [-0.05, 0) is 46.2 Å². The highest BCUT2D eigenvalue weighted by molar-refractivity contribution is 7.26. The lowest BCUT2D eigenvalue weighted by molar-refractivity contribution is 0.520. The van der Waals surface area contributed by atoms with Gasteiger partial charge in [0.1, 0.15) is 21.9 Å². The smallest absolute Gasteiger partial charge is 0.176 e. The molecule has 0 radical (unpaired) electrons. The van der Waals surface area contributed by atoms with E-state index >= 15 is 0 Å². The van der Waals surface area contributed by atoms with Crippen LogP contribution in [0.4, 0.5) is 0 Å². The van der Waals surface area contributed by atoms with Gasteiger partial charge in [-0.15, -0.1) is 16.4 Å². The van der Waals surface area contributed by atoms with Gasteiger partial charge in [-0.2, -0.15) is 5.10 Å². The van der Waals surface area contributed by atoms with E-state index in [-0.39, 0.29) is 6.04 Å². The third kappa shape index (κ3) is 2.37. The Kier molecular flexibility index (Phi) is 3.73. The fraction of sp³-hybridized carbons (Fsp3) is 0.316. The second-order valence-corrected chi connectivity index (χ2v) is 8.51. The van der Waals surface area contributed by atoms with Crippen molar-refractivity contribution in [2.45, 2.75) is 40.7 Å². The van der Waals surface area contributed by atoms with Crippen LogP contribution in [0.15, 0.2) is 12.4 Å². The van der Waals surface area contributed by atoms with Crippen LogP contribution < -0.4 is 0 Å². The van der Waals surface area contributed by atoms with E-state index in [2.05, 4.69) is 33.2 Å². The van der Waals surface area contributed by atoms with Gasteiger partial charge in [-0.3, -0.25) is 4.68 Å². The number of thiophene rings is 1. The number of nitrogens with zero attached hydrogens (tertiary/aromatic N) is 7. The lowest BCUT2D eigenvalue weighted by Gasteiger charge is -2.10. The third-order valence-electron chi connectivity index (χ3n) is 5.09. The van der Waals surface area contributed by atoms with E-state index in [1.807, 2.05) is 32.4 Å². The van der Waals surface area contributed by atoms with E-state index < -0.39 is 0 Å². The van der Waals surface area contributed by atoms with Crippen LogP contribution in [0, 0.1) is 27.7 Å². The summed E-state index contributed by atoms with van der Waals surface area (Å²) in [6, 6.07) is 1.95.